The molecule has 1 aromatic carbocycles. The van der Waals surface area contributed by atoms with Crippen LogP contribution in [0.15, 0.2) is 18.2 Å². The van der Waals surface area contributed by atoms with Crippen LogP contribution < -0.4 is 0 Å². The Morgan fingerprint density at radius 2 is 2.15 bits per heavy atom. The average molecular weight is 203 g/mol. The van der Waals surface area contributed by atoms with Crippen molar-refractivity contribution in [3.63, 3.8) is 0 Å². The van der Waals surface area contributed by atoms with Crippen LogP contribution in [0.4, 0.5) is 8.78 Å². The number of halogens is 3. The number of nitrogens with one attached hydrogen (secondary N) is 1. The van der Waals surface area contributed by atoms with Gasteiger partial charge in [-0.15, -0.1) is 0 Å². The van der Waals surface area contributed by atoms with E-state index in [0.717, 1.165) is 0 Å². The van der Waals surface area contributed by atoms with Crippen molar-refractivity contribution in [2.24, 2.45) is 0 Å². The number of H-pyrrole nitrogens is 1. The van der Waals surface area contributed by atoms with E-state index in [-0.39, 0.29) is 5.82 Å². The summed E-state index contributed by atoms with van der Waals surface area (Å²) >= 11 is 5.75. The summed E-state index contributed by atoms with van der Waals surface area (Å²) in [6.45, 7) is 0. The van der Waals surface area contributed by atoms with Crippen molar-refractivity contribution in [2.45, 2.75) is 6.43 Å². The number of aromatic amines is 1. The van der Waals surface area contributed by atoms with Gasteiger partial charge in [-0.1, -0.05) is 17.7 Å². The van der Waals surface area contributed by atoms with Gasteiger partial charge < -0.3 is 4.98 Å². The zero-order chi connectivity index (χ0) is 9.42. The molecule has 5 heteroatoms. The third-order valence-electron chi connectivity index (χ3n) is 1.69. The Labute approximate surface area is 77.5 Å². The molecule has 13 heavy (non-hydrogen) atoms. The lowest BCUT2D eigenvalue weighted by atomic mass is 10.3. The van der Waals surface area contributed by atoms with Gasteiger partial charge in [0.15, 0.2) is 5.82 Å². The maximum atomic E-state index is 12.2. The smallest absolute Gasteiger partial charge is 0.295 e. The highest BCUT2D eigenvalue weighted by Gasteiger charge is 2.13. The molecule has 0 radical (unpaired) electrons. The molecule has 1 N–H and O–H groups in total. The second-order valence-corrected chi connectivity index (χ2v) is 2.97. The minimum Gasteiger partial charge on any atom is -0.337 e. The first-order valence-corrected chi connectivity index (χ1v) is 3.98. The molecule has 0 atom stereocenters. The van der Waals surface area contributed by atoms with Crippen molar-refractivity contribution in [1.29, 1.82) is 0 Å². The summed E-state index contributed by atoms with van der Waals surface area (Å²) in [6.07, 6.45) is -2.59. The third-order valence-corrected chi connectivity index (χ3v) is 1.99. The molecule has 0 aliphatic carbocycles. The summed E-state index contributed by atoms with van der Waals surface area (Å²) in [5.74, 6) is -0.344. The highest BCUT2D eigenvalue weighted by atomic mass is 35.5. The topological polar surface area (TPSA) is 28.7 Å². The Balaban J connectivity index is 2.68. The van der Waals surface area contributed by atoms with E-state index in [1.54, 1.807) is 18.2 Å². The highest BCUT2D eigenvalue weighted by Crippen LogP contribution is 2.24. The van der Waals surface area contributed by atoms with Crippen molar-refractivity contribution in [1.82, 2.24) is 9.97 Å². The standard InChI is InChI=1S/C8H5ClF2N2/c9-4-2-1-3-5-6(4)13-8(12-5)7(10)11/h1-3,7H,(H,12,13). The van der Waals surface area contributed by atoms with E-state index in [2.05, 4.69) is 9.97 Å². The summed E-state index contributed by atoms with van der Waals surface area (Å²) < 4.78 is 24.4. The van der Waals surface area contributed by atoms with Crippen LogP contribution >= 0.6 is 11.6 Å². The van der Waals surface area contributed by atoms with Crippen LogP contribution in [0, 0.1) is 0 Å². The Morgan fingerprint density at radius 1 is 1.38 bits per heavy atom. The molecule has 68 valence electrons. The van der Waals surface area contributed by atoms with Crippen LogP contribution in [0.25, 0.3) is 11.0 Å². The molecule has 0 saturated carbocycles. The normalized spacial score (nSPS) is 11.4. The molecule has 0 aliphatic rings. The maximum absolute atomic E-state index is 12.2. The van der Waals surface area contributed by atoms with Crippen LogP contribution in [0.3, 0.4) is 0 Å². The number of benzene rings is 1. The van der Waals surface area contributed by atoms with E-state index in [0.29, 0.717) is 16.1 Å². The number of imidazole rings is 1. The molecule has 1 heterocycles. The van der Waals surface area contributed by atoms with E-state index in [9.17, 15) is 8.78 Å². The number of nitrogens with zero attached hydrogens (tertiary/aromatic N) is 1. The van der Waals surface area contributed by atoms with E-state index >= 15 is 0 Å². The Morgan fingerprint density at radius 3 is 2.77 bits per heavy atom. The molecule has 0 bridgehead atoms. The molecular formula is C8H5ClF2N2. The van der Waals surface area contributed by atoms with E-state index in [1.165, 1.54) is 0 Å². The third kappa shape index (κ3) is 1.37. The number of aromatic nitrogens is 2. The first kappa shape index (κ1) is 8.44. The van der Waals surface area contributed by atoms with Gasteiger partial charge in [0.1, 0.15) is 5.52 Å². The first-order chi connectivity index (χ1) is 6.18. The molecule has 2 aromatic rings. The molecule has 0 fully saturated rings. The van der Waals surface area contributed by atoms with Gasteiger partial charge in [-0.3, -0.25) is 0 Å². The summed E-state index contributed by atoms with van der Waals surface area (Å²) in [6, 6.07) is 4.94. The quantitative estimate of drug-likeness (QED) is 0.756. The van der Waals surface area contributed by atoms with Gasteiger partial charge in [-0.05, 0) is 12.1 Å². The largest absolute Gasteiger partial charge is 0.337 e. The van der Waals surface area contributed by atoms with Crippen LogP contribution in [0.5, 0.6) is 0 Å². The lowest BCUT2D eigenvalue weighted by Crippen LogP contribution is -1.85. The lowest BCUT2D eigenvalue weighted by Gasteiger charge is -1.88. The van der Waals surface area contributed by atoms with Gasteiger partial charge >= 0.3 is 0 Å². The monoisotopic (exact) mass is 202 g/mol. The highest BCUT2D eigenvalue weighted by molar-refractivity contribution is 6.34. The van der Waals surface area contributed by atoms with Crippen LogP contribution in [-0.4, -0.2) is 9.97 Å². The van der Waals surface area contributed by atoms with Gasteiger partial charge in [0.2, 0.25) is 0 Å². The summed E-state index contributed by atoms with van der Waals surface area (Å²) in [4.78, 5) is 6.16. The Bertz CT molecular complexity index is 439. The van der Waals surface area contributed by atoms with Crippen molar-refractivity contribution in [3.05, 3.63) is 29.0 Å². The zero-order valence-electron chi connectivity index (χ0n) is 6.39. The predicted octanol–water partition coefficient (Wildman–Crippen LogP) is 3.15. The average Bonchev–Trinajstić information content (AvgIpc) is 2.49. The second kappa shape index (κ2) is 2.96. The van der Waals surface area contributed by atoms with Crippen LogP contribution in [0.1, 0.15) is 12.2 Å². The Kier molecular flexibility index (Phi) is 1.92. The van der Waals surface area contributed by atoms with Crippen molar-refractivity contribution in [2.75, 3.05) is 0 Å². The van der Waals surface area contributed by atoms with Crippen molar-refractivity contribution >= 4 is 22.6 Å². The number of rotatable bonds is 1. The molecule has 0 amide bonds. The lowest BCUT2D eigenvalue weighted by molar-refractivity contribution is 0.142. The molecule has 1 aromatic heterocycles. The van der Waals surface area contributed by atoms with Crippen LogP contribution in [-0.2, 0) is 0 Å². The van der Waals surface area contributed by atoms with E-state index in [1.807, 2.05) is 0 Å². The van der Waals surface area contributed by atoms with E-state index < -0.39 is 6.43 Å². The minimum absolute atomic E-state index is 0.344. The molecule has 0 unspecified atom stereocenters. The fourth-order valence-electron chi connectivity index (χ4n) is 1.12. The van der Waals surface area contributed by atoms with Gasteiger partial charge in [0.05, 0.1) is 10.5 Å². The molecule has 2 nitrogen and oxygen atoms in total. The van der Waals surface area contributed by atoms with Crippen LogP contribution in [0.2, 0.25) is 5.02 Å². The van der Waals surface area contributed by atoms with Gasteiger partial charge in [-0.2, -0.15) is 0 Å². The number of para-hydroxylation sites is 1. The summed E-state index contributed by atoms with van der Waals surface area (Å²) in [5, 5.41) is 0.376. The molecule has 0 spiro atoms. The first-order valence-electron chi connectivity index (χ1n) is 3.61. The van der Waals surface area contributed by atoms with Gasteiger partial charge in [0, 0.05) is 0 Å². The molecule has 0 saturated heterocycles. The molecular weight excluding hydrogens is 198 g/mol. The van der Waals surface area contributed by atoms with E-state index in [4.69, 9.17) is 11.6 Å². The Hall–Kier alpha value is -1.16. The SMILES string of the molecule is FC(F)c1nc2c(Cl)cccc2[nH]1. The number of hydrogen-bond acceptors (Lipinski definition) is 1. The van der Waals surface area contributed by atoms with Crippen molar-refractivity contribution in [3.8, 4) is 0 Å². The number of fused-ring (bicyclic) bond motifs is 1. The fourth-order valence-corrected chi connectivity index (χ4v) is 1.34. The summed E-state index contributed by atoms with van der Waals surface area (Å²) in [7, 11) is 0. The maximum Gasteiger partial charge on any atom is 0.295 e. The van der Waals surface area contributed by atoms with Gasteiger partial charge in [-0.25, -0.2) is 13.8 Å². The predicted molar refractivity (Wildman–Crippen MR) is 46.1 cm³/mol. The van der Waals surface area contributed by atoms with Crippen molar-refractivity contribution < 1.29 is 8.78 Å². The summed E-state index contributed by atoms with van der Waals surface area (Å²) in [5.41, 5.74) is 0.919. The van der Waals surface area contributed by atoms with Gasteiger partial charge in [0.25, 0.3) is 6.43 Å². The fraction of sp³-hybridized carbons (Fsp3) is 0.125. The minimum atomic E-state index is -2.59. The second-order valence-electron chi connectivity index (χ2n) is 2.56. The molecule has 2 rings (SSSR count). The number of hydrogen-bond donors (Lipinski definition) is 1. The number of alkyl halides is 2. The molecule has 0 aliphatic heterocycles. The zero-order valence-corrected chi connectivity index (χ0v) is 7.15.